The van der Waals surface area contributed by atoms with Crippen molar-refractivity contribution in [2.45, 2.75) is 32.5 Å². The number of nitrogens with zero attached hydrogens (tertiary/aromatic N) is 4. The lowest BCUT2D eigenvalue weighted by Crippen LogP contribution is -2.37. The minimum absolute atomic E-state index is 0.119. The van der Waals surface area contributed by atoms with E-state index in [9.17, 15) is 26.0 Å². The second kappa shape index (κ2) is 7.03. The molecule has 0 saturated carbocycles. The number of benzene rings is 2. The van der Waals surface area contributed by atoms with Crippen LogP contribution in [0.3, 0.4) is 0 Å². The smallest absolute Gasteiger partial charge is 0.371 e. The molecule has 4 aromatic rings. The number of rotatable bonds is 2. The highest BCUT2D eigenvalue weighted by Gasteiger charge is 2.45. The summed E-state index contributed by atoms with van der Waals surface area (Å²) in [6.07, 6.45) is -3.22. The standard InChI is InChI=1S/C22H18F5N5O2S/c1-10-29-30-20-21(2,3)28-15-9-14(24)16(17(22(25,26)27)19(15)32(10)20)11-5-6-13(23)18-12(11)7-8-31(18)35(4,33)34/h5-9,28H,1-4H3. The van der Waals surface area contributed by atoms with Crippen molar-refractivity contribution < 1.29 is 30.4 Å². The highest BCUT2D eigenvalue weighted by atomic mass is 32.2. The molecular formula is C22H18F5N5O2S. The third-order valence-corrected chi connectivity index (χ3v) is 7.00. The highest BCUT2D eigenvalue weighted by molar-refractivity contribution is 7.89. The summed E-state index contributed by atoms with van der Waals surface area (Å²) >= 11 is 0. The Bertz CT molecular complexity index is 1650. The van der Waals surface area contributed by atoms with Gasteiger partial charge in [-0.15, -0.1) is 10.2 Å². The molecule has 0 unspecified atom stereocenters. The van der Waals surface area contributed by atoms with Crippen molar-refractivity contribution in [3.8, 4) is 16.8 Å². The zero-order chi connectivity index (χ0) is 25.7. The van der Waals surface area contributed by atoms with Gasteiger partial charge in [-0.05, 0) is 44.5 Å². The third-order valence-electron chi connectivity index (χ3n) is 5.98. The number of nitrogens with one attached hydrogen (secondary N) is 1. The molecule has 13 heteroatoms. The molecule has 3 heterocycles. The van der Waals surface area contributed by atoms with Crippen LogP contribution in [0.25, 0.3) is 27.7 Å². The number of hydrogen-bond donors (Lipinski definition) is 1. The van der Waals surface area contributed by atoms with Gasteiger partial charge in [0.2, 0.25) is 10.0 Å². The zero-order valence-corrected chi connectivity index (χ0v) is 19.6. The van der Waals surface area contributed by atoms with Crippen LogP contribution in [0.2, 0.25) is 0 Å². The topological polar surface area (TPSA) is 81.8 Å². The van der Waals surface area contributed by atoms with Gasteiger partial charge in [0.05, 0.1) is 34.2 Å². The number of anilines is 1. The van der Waals surface area contributed by atoms with E-state index in [1.807, 2.05) is 0 Å². The minimum atomic E-state index is -5.06. The third kappa shape index (κ3) is 3.32. The van der Waals surface area contributed by atoms with E-state index >= 15 is 4.39 Å². The Labute approximate surface area is 196 Å². The summed E-state index contributed by atoms with van der Waals surface area (Å²) in [6, 6.07) is 3.90. The van der Waals surface area contributed by atoms with Gasteiger partial charge in [-0.3, -0.25) is 4.57 Å². The van der Waals surface area contributed by atoms with Gasteiger partial charge in [0.25, 0.3) is 0 Å². The van der Waals surface area contributed by atoms with Crippen LogP contribution in [-0.2, 0) is 21.7 Å². The van der Waals surface area contributed by atoms with Crippen LogP contribution in [-0.4, -0.2) is 33.4 Å². The van der Waals surface area contributed by atoms with E-state index in [0.29, 0.717) is 3.97 Å². The lowest BCUT2D eigenvalue weighted by molar-refractivity contribution is -0.137. The van der Waals surface area contributed by atoms with Crippen LogP contribution in [0.5, 0.6) is 0 Å². The van der Waals surface area contributed by atoms with E-state index in [1.165, 1.54) is 11.5 Å². The molecule has 0 amide bonds. The summed E-state index contributed by atoms with van der Waals surface area (Å²) < 4.78 is 100. The molecule has 0 atom stereocenters. The molecule has 2 aromatic heterocycles. The largest absolute Gasteiger partial charge is 0.419 e. The molecule has 0 saturated heterocycles. The Kier molecular flexibility index (Phi) is 4.67. The van der Waals surface area contributed by atoms with Crippen LogP contribution in [0.15, 0.2) is 30.5 Å². The van der Waals surface area contributed by atoms with Crippen LogP contribution in [0.1, 0.15) is 31.1 Å². The number of halogens is 5. The Morgan fingerprint density at radius 3 is 2.37 bits per heavy atom. The molecule has 0 fully saturated rings. The van der Waals surface area contributed by atoms with Crippen molar-refractivity contribution in [1.82, 2.24) is 18.7 Å². The predicted octanol–water partition coefficient (Wildman–Crippen LogP) is 4.96. The van der Waals surface area contributed by atoms with E-state index in [-0.39, 0.29) is 28.3 Å². The molecule has 1 aliphatic heterocycles. The van der Waals surface area contributed by atoms with Crippen molar-refractivity contribution in [1.29, 1.82) is 0 Å². The van der Waals surface area contributed by atoms with Gasteiger partial charge in [0, 0.05) is 17.1 Å². The maximum Gasteiger partial charge on any atom is 0.419 e. The Balaban J connectivity index is 1.95. The number of fused-ring (bicyclic) bond motifs is 4. The van der Waals surface area contributed by atoms with Gasteiger partial charge < -0.3 is 5.32 Å². The molecule has 7 nitrogen and oxygen atoms in total. The summed E-state index contributed by atoms with van der Waals surface area (Å²) in [4.78, 5) is 0. The normalized spacial score (nSPS) is 15.1. The summed E-state index contributed by atoms with van der Waals surface area (Å²) in [6.45, 7) is 4.83. The van der Waals surface area contributed by atoms with Gasteiger partial charge in [-0.2, -0.15) is 13.2 Å². The van der Waals surface area contributed by atoms with Crippen molar-refractivity contribution >= 4 is 26.6 Å². The van der Waals surface area contributed by atoms with Crippen LogP contribution >= 0.6 is 0 Å². The average Bonchev–Trinajstić information content (AvgIpc) is 3.32. The first-order chi connectivity index (χ1) is 16.1. The summed E-state index contributed by atoms with van der Waals surface area (Å²) in [5.74, 6) is -1.84. The minimum Gasteiger partial charge on any atom is -0.371 e. The van der Waals surface area contributed by atoms with E-state index < -0.39 is 55.7 Å². The average molecular weight is 511 g/mol. The number of hydrogen-bond acceptors (Lipinski definition) is 5. The molecule has 0 spiro atoms. The maximum absolute atomic E-state index is 15.6. The zero-order valence-electron chi connectivity index (χ0n) is 18.8. The van der Waals surface area contributed by atoms with E-state index in [1.54, 1.807) is 13.8 Å². The molecule has 1 N–H and O–H groups in total. The molecule has 2 aromatic carbocycles. The fourth-order valence-electron chi connectivity index (χ4n) is 4.62. The molecular weight excluding hydrogens is 493 g/mol. The Hall–Kier alpha value is -3.48. The molecule has 0 bridgehead atoms. The van der Waals surface area contributed by atoms with Gasteiger partial charge in [-0.1, -0.05) is 6.07 Å². The Morgan fingerprint density at radius 1 is 1.06 bits per heavy atom. The van der Waals surface area contributed by atoms with Crippen LogP contribution in [0.4, 0.5) is 27.6 Å². The number of aromatic nitrogens is 4. The first-order valence-corrected chi connectivity index (χ1v) is 12.1. The SMILES string of the molecule is Cc1nnc2n1-c1c(cc(F)c(-c3ccc(F)c4c3ccn4S(C)(=O)=O)c1C(F)(F)F)NC2(C)C. The molecule has 5 rings (SSSR count). The van der Waals surface area contributed by atoms with E-state index in [0.717, 1.165) is 36.7 Å². The number of alkyl halides is 3. The summed E-state index contributed by atoms with van der Waals surface area (Å²) in [7, 11) is -3.99. The van der Waals surface area contributed by atoms with Crippen molar-refractivity contribution in [2.24, 2.45) is 0 Å². The maximum atomic E-state index is 15.6. The Morgan fingerprint density at radius 2 is 1.74 bits per heavy atom. The predicted molar refractivity (Wildman–Crippen MR) is 119 cm³/mol. The first kappa shape index (κ1) is 23.3. The monoisotopic (exact) mass is 511 g/mol. The highest BCUT2D eigenvalue weighted by Crippen LogP contribution is 2.50. The van der Waals surface area contributed by atoms with E-state index in [2.05, 4.69) is 15.5 Å². The number of aryl methyl sites for hydroxylation is 1. The second-order valence-corrected chi connectivity index (χ2v) is 10.7. The lowest BCUT2D eigenvalue weighted by Gasteiger charge is -2.36. The quantitative estimate of drug-likeness (QED) is 0.385. The fourth-order valence-corrected chi connectivity index (χ4v) is 5.42. The summed E-state index contributed by atoms with van der Waals surface area (Å²) in [5, 5.41) is 10.7. The van der Waals surface area contributed by atoms with E-state index in [4.69, 9.17) is 0 Å². The van der Waals surface area contributed by atoms with Gasteiger partial charge in [-0.25, -0.2) is 21.2 Å². The van der Waals surface area contributed by atoms with Crippen LogP contribution in [0, 0.1) is 18.6 Å². The van der Waals surface area contributed by atoms with Gasteiger partial charge in [0.15, 0.2) is 5.82 Å². The molecule has 1 aliphatic rings. The van der Waals surface area contributed by atoms with Crippen molar-refractivity contribution in [2.75, 3.05) is 11.6 Å². The van der Waals surface area contributed by atoms with Crippen LogP contribution < -0.4 is 5.32 Å². The van der Waals surface area contributed by atoms with Crippen molar-refractivity contribution in [3.05, 3.63) is 59.3 Å². The molecule has 184 valence electrons. The van der Waals surface area contributed by atoms with Crippen molar-refractivity contribution in [3.63, 3.8) is 0 Å². The lowest BCUT2D eigenvalue weighted by atomic mass is 9.91. The molecule has 35 heavy (non-hydrogen) atoms. The van der Waals surface area contributed by atoms with Gasteiger partial charge in [0.1, 0.15) is 17.5 Å². The molecule has 0 radical (unpaired) electrons. The fraction of sp³-hybridized carbons (Fsp3) is 0.273. The summed E-state index contributed by atoms with van der Waals surface area (Å²) in [5.41, 5.74) is -4.42. The molecule has 0 aliphatic carbocycles. The van der Waals surface area contributed by atoms with Gasteiger partial charge >= 0.3 is 6.18 Å². The second-order valence-electron chi connectivity index (χ2n) is 8.89. The first-order valence-electron chi connectivity index (χ1n) is 10.3.